The van der Waals surface area contributed by atoms with Crippen molar-refractivity contribution in [3.63, 3.8) is 0 Å². The van der Waals surface area contributed by atoms with Crippen molar-refractivity contribution in [2.24, 2.45) is 0 Å². The molecule has 1 fully saturated rings. The van der Waals surface area contributed by atoms with Crippen molar-refractivity contribution in [2.75, 3.05) is 5.32 Å². The summed E-state index contributed by atoms with van der Waals surface area (Å²) in [7, 11) is 0. The van der Waals surface area contributed by atoms with Gasteiger partial charge in [-0.25, -0.2) is 0 Å². The largest absolute Gasteiger partial charge is 0.357 e. The maximum absolute atomic E-state index is 10.9. The van der Waals surface area contributed by atoms with E-state index in [1.807, 2.05) is 0 Å². The zero-order valence-electron chi connectivity index (χ0n) is 9.78. The molecule has 1 aliphatic carbocycles. The molecule has 3 rings (SSSR count). The van der Waals surface area contributed by atoms with E-state index in [1.165, 1.54) is 42.0 Å². The molecule has 0 amide bonds. The van der Waals surface area contributed by atoms with Gasteiger partial charge in [-0.3, -0.25) is 10.1 Å². The maximum Gasteiger partial charge on any atom is 0.283 e. The van der Waals surface area contributed by atoms with Gasteiger partial charge in [-0.2, -0.15) is 0 Å². The van der Waals surface area contributed by atoms with Crippen molar-refractivity contribution in [3.8, 4) is 0 Å². The molecule has 0 aliphatic heterocycles. The minimum atomic E-state index is -0.382. The first-order chi connectivity index (χ1) is 9.22. The number of nitrogens with one attached hydrogen (secondary N) is 1. The number of nitro groups is 1. The molecule has 1 aromatic heterocycles. The molecule has 98 valence electrons. The average molecular weight is 294 g/mol. The van der Waals surface area contributed by atoms with Gasteiger partial charge in [0.2, 0.25) is 5.13 Å². The summed E-state index contributed by atoms with van der Waals surface area (Å²) < 4.78 is 0.706. The minimum absolute atomic E-state index is 0.0967. The van der Waals surface area contributed by atoms with Gasteiger partial charge in [0, 0.05) is 12.1 Å². The number of nitrogens with zero attached hydrogens (tertiary/aromatic N) is 3. The lowest BCUT2D eigenvalue weighted by Crippen LogP contribution is -1.99. The third-order valence-electron chi connectivity index (χ3n) is 2.57. The van der Waals surface area contributed by atoms with Crippen LogP contribution in [0.4, 0.5) is 10.8 Å². The number of aromatic nitrogens is 2. The molecular weight excluding hydrogens is 284 g/mol. The molecule has 0 atom stereocenters. The Hall–Kier alpha value is -1.67. The molecule has 2 aromatic rings. The topological polar surface area (TPSA) is 81.0 Å². The van der Waals surface area contributed by atoms with E-state index in [-0.39, 0.29) is 10.6 Å². The van der Waals surface area contributed by atoms with Crippen LogP contribution >= 0.6 is 23.1 Å². The second-order valence-electron chi connectivity index (χ2n) is 4.12. The van der Waals surface area contributed by atoms with Crippen LogP contribution in [0.25, 0.3) is 0 Å². The van der Waals surface area contributed by atoms with E-state index < -0.39 is 0 Å². The quantitative estimate of drug-likeness (QED) is 0.674. The molecule has 0 bridgehead atoms. The molecule has 1 aliphatic rings. The van der Waals surface area contributed by atoms with E-state index in [0.717, 1.165) is 5.13 Å². The molecule has 8 heteroatoms. The summed E-state index contributed by atoms with van der Waals surface area (Å²) in [6, 6.07) is 7.17. The van der Waals surface area contributed by atoms with Crippen LogP contribution in [0.15, 0.2) is 33.5 Å². The number of anilines is 1. The number of hydrogen-bond donors (Lipinski definition) is 1. The number of para-hydroxylation sites is 1. The standard InChI is InChI=1S/C11H10N4O2S2/c16-15(17)8-3-1-2-4-9(8)18-11-14-13-10(19-11)12-7-5-6-7/h1-4,7H,5-6H2,(H,12,13). The van der Waals surface area contributed by atoms with E-state index in [2.05, 4.69) is 15.5 Å². The van der Waals surface area contributed by atoms with Gasteiger partial charge in [-0.15, -0.1) is 10.2 Å². The predicted molar refractivity (Wildman–Crippen MR) is 73.8 cm³/mol. The highest BCUT2D eigenvalue weighted by Gasteiger charge is 2.23. The fraction of sp³-hybridized carbons (Fsp3) is 0.273. The Bertz CT molecular complexity index is 612. The summed E-state index contributed by atoms with van der Waals surface area (Å²) in [6.07, 6.45) is 2.35. The number of nitro benzene ring substituents is 1. The van der Waals surface area contributed by atoms with Crippen LogP contribution in [0.2, 0.25) is 0 Å². The smallest absolute Gasteiger partial charge is 0.283 e. The Morgan fingerprint density at radius 2 is 2.16 bits per heavy atom. The molecular formula is C11H10N4O2S2. The highest BCUT2D eigenvalue weighted by Crippen LogP contribution is 2.37. The van der Waals surface area contributed by atoms with Gasteiger partial charge in [0.25, 0.3) is 5.69 Å². The van der Waals surface area contributed by atoms with Gasteiger partial charge < -0.3 is 5.32 Å². The molecule has 0 spiro atoms. The van der Waals surface area contributed by atoms with E-state index in [4.69, 9.17) is 0 Å². The van der Waals surface area contributed by atoms with Crippen LogP contribution in [0.5, 0.6) is 0 Å². The van der Waals surface area contributed by atoms with Crippen LogP contribution in [-0.4, -0.2) is 21.2 Å². The van der Waals surface area contributed by atoms with Crippen molar-refractivity contribution in [1.29, 1.82) is 0 Å². The molecule has 19 heavy (non-hydrogen) atoms. The second kappa shape index (κ2) is 5.14. The van der Waals surface area contributed by atoms with Crippen molar-refractivity contribution in [3.05, 3.63) is 34.4 Å². The van der Waals surface area contributed by atoms with E-state index in [0.29, 0.717) is 15.3 Å². The summed E-state index contributed by atoms with van der Waals surface area (Å²) in [6.45, 7) is 0. The van der Waals surface area contributed by atoms with Crippen molar-refractivity contribution < 1.29 is 4.92 Å². The summed E-state index contributed by atoms with van der Waals surface area (Å²) in [5.74, 6) is 0. The third kappa shape index (κ3) is 3.02. The van der Waals surface area contributed by atoms with Crippen molar-refractivity contribution in [2.45, 2.75) is 28.1 Å². The first-order valence-corrected chi connectivity index (χ1v) is 7.37. The Morgan fingerprint density at radius 1 is 1.37 bits per heavy atom. The summed E-state index contributed by atoms with van der Waals surface area (Å²) in [4.78, 5) is 11.1. The molecule has 1 saturated carbocycles. The highest BCUT2D eigenvalue weighted by atomic mass is 32.2. The average Bonchev–Trinajstić information content (AvgIpc) is 3.09. The van der Waals surface area contributed by atoms with Gasteiger partial charge in [-0.1, -0.05) is 23.5 Å². The van der Waals surface area contributed by atoms with Gasteiger partial charge >= 0.3 is 0 Å². The number of benzene rings is 1. The van der Waals surface area contributed by atoms with Crippen LogP contribution in [0.3, 0.4) is 0 Å². The molecule has 0 saturated heterocycles. The lowest BCUT2D eigenvalue weighted by atomic mass is 10.3. The van der Waals surface area contributed by atoms with Crippen molar-refractivity contribution in [1.82, 2.24) is 10.2 Å². The monoisotopic (exact) mass is 294 g/mol. The Kier molecular flexibility index (Phi) is 3.34. The highest BCUT2D eigenvalue weighted by molar-refractivity contribution is 8.01. The Morgan fingerprint density at radius 3 is 2.89 bits per heavy atom. The molecule has 0 unspecified atom stereocenters. The first kappa shape index (κ1) is 12.4. The predicted octanol–water partition coefficient (Wildman–Crippen LogP) is 3.17. The summed E-state index contributed by atoms with van der Waals surface area (Å²) >= 11 is 2.70. The van der Waals surface area contributed by atoms with Crippen LogP contribution < -0.4 is 5.32 Å². The normalized spacial score (nSPS) is 14.3. The summed E-state index contributed by atoms with van der Waals surface area (Å²) in [5, 5.41) is 23.0. The zero-order valence-corrected chi connectivity index (χ0v) is 11.4. The SMILES string of the molecule is O=[N+]([O-])c1ccccc1Sc1nnc(NC2CC2)s1. The zero-order chi connectivity index (χ0) is 13.2. The van der Waals surface area contributed by atoms with Gasteiger partial charge in [0.15, 0.2) is 4.34 Å². The van der Waals surface area contributed by atoms with Crippen molar-refractivity contribution >= 4 is 33.9 Å². The molecule has 0 radical (unpaired) electrons. The first-order valence-electron chi connectivity index (χ1n) is 5.73. The lowest BCUT2D eigenvalue weighted by Gasteiger charge is -1.98. The maximum atomic E-state index is 10.9. The number of hydrogen-bond acceptors (Lipinski definition) is 7. The number of rotatable bonds is 5. The molecule has 6 nitrogen and oxygen atoms in total. The lowest BCUT2D eigenvalue weighted by molar-refractivity contribution is -0.387. The van der Waals surface area contributed by atoms with Crippen LogP contribution in [-0.2, 0) is 0 Å². The van der Waals surface area contributed by atoms with Gasteiger partial charge in [0.05, 0.1) is 9.82 Å². The fourth-order valence-corrected chi connectivity index (χ4v) is 3.39. The minimum Gasteiger partial charge on any atom is -0.357 e. The Balaban J connectivity index is 1.76. The molecule has 1 heterocycles. The molecule has 1 N–H and O–H groups in total. The van der Waals surface area contributed by atoms with Gasteiger partial charge in [-0.05, 0) is 30.7 Å². The summed E-state index contributed by atoms with van der Waals surface area (Å²) in [5.41, 5.74) is 0.0967. The van der Waals surface area contributed by atoms with Crippen LogP contribution in [0.1, 0.15) is 12.8 Å². The Labute approximate surface area is 117 Å². The van der Waals surface area contributed by atoms with Gasteiger partial charge in [0.1, 0.15) is 0 Å². The fourth-order valence-electron chi connectivity index (χ4n) is 1.50. The van der Waals surface area contributed by atoms with E-state index >= 15 is 0 Å². The molecule has 1 aromatic carbocycles. The second-order valence-corrected chi connectivity index (χ2v) is 6.39. The van der Waals surface area contributed by atoms with E-state index in [9.17, 15) is 10.1 Å². The van der Waals surface area contributed by atoms with E-state index in [1.54, 1.807) is 18.2 Å². The van der Waals surface area contributed by atoms with Crippen LogP contribution in [0, 0.1) is 10.1 Å². The third-order valence-corrected chi connectivity index (χ3v) is 4.54.